The van der Waals surface area contributed by atoms with Gasteiger partial charge in [0.05, 0.1) is 23.2 Å². The fraction of sp³-hybridized carbons (Fsp3) is 0.588. The van der Waals surface area contributed by atoms with E-state index in [1.54, 1.807) is 27.7 Å². The van der Waals surface area contributed by atoms with Gasteiger partial charge in [-0.3, -0.25) is 4.79 Å². The smallest absolute Gasteiger partial charge is 0.355 e. The number of aromatic nitrogens is 1. The lowest BCUT2D eigenvalue weighted by atomic mass is 10.1. The Bertz CT molecular complexity index is 855. The summed E-state index contributed by atoms with van der Waals surface area (Å²) in [6, 6.07) is -0.465. The number of rotatable bonds is 6. The molecule has 1 aromatic heterocycles. The highest BCUT2D eigenvalue weighted by molar-refractivity contribution is 7.91. The summed E-state index contributed by atoms with van der Waals surface area (Å²) in [5.74, 6) is -1.98. The van der Waals surface area contributed by atoms with Gasteiger partial charge in [-0.05, 0) is 39.7 Å². The number of aromatic amines is 1. The molecule has 0 radical (unpaired) electrons. The molecule has 0 aromatic carbocycles. The fourth-order valence-corrected chi connectivity index (χ4v) is 4.59. The van der Waals surface area contributed by atoms with Crippen LogP contribution in [0.4, 0.5) is 0 Å². The molecule has 27 heavy (non-hydrogen) atoms. The first-order chi connectivity index (χ1) is 12.5. The van der Waals surface area contributed by atoms with Gasteiger partial charge >= 0.3 is 11.9 Å². The summed E-state index contributed by atoms with van der Waals surface area (Å²) in [6.45, 7) is 6.12. The van der Waals surface area contributed by atoms with Crippen molar-refractivity contribution in [2.45, 2.75) is 46.3 Å². The Balaban J connectivity index is 1.96. The number of hydrogen-bond donors (Lipinski definition) is 2. The van der Waals surface area contributed by atoms with E-state index in [4.69, 9.17) is 9.47 Å². The number of carbonyl (C=O) groups excluding carboxylic acids is 3. The predicted octanol–water partition coefficient (Wildman–Crippen LogP) is 0.657. The lowest BCUT2D eigenvalue weighted by Gasteiger charge is -2.11. The van der Waals surface area contributed by atoms with Gasteiger partial charge in [0.15, 0.2) is 16.4 Å². The molecular formula is C17H24N2O7S. The summed E-state index contributed by atoms with van der Waals surface area (Å²) >= 11 is 0. The molecular weight excluding hydrogens is 376 g/mol. The lowest BCUT2D eigenvalue weighted by molar-refractivity contribution is -0.124. The van der Waals surface area contributed by atoms with Gasteiger partial charge in [-0.15, -0.1) is 0 Å². The minimum Gasteiger partial charge on any atom is -0.459 e. The van der Waals surface area contributed by atoms with Crippen molar-refractivity contribution in [2.24, 2.45) is 0 Å². The number of hydrogen-bond acceptors (Lipinski definition) is 7. The van der Waals surface area contributed by atoms with Crippen LogP contribution in [0.25, 0.3) is 0 Å². The Morgan fingerprint density at radius 3 is 2.44 bits per heavy atom. The van der Waals surface area contributed by atoms with Gasteiger partial charge in [-0.2, -0.15) is 0 Å². The van der Waals surface area contributed by atoms with Gasteiger partial charge in [0.1, 0.15) is 5.69 Å². The van der Waals surface area contributed by atoms with Crippen molar-refractivity contribution in [3.8, 4) is 0 Å². The van der Waals surface area contributed by atoms with Crippen LogP contribution in [0.2, 0.25) is 0 Å². The molecule has 9 nitrogen and oxygen atoms in total. The van der Waals surface area contributed by atoms with Gasteiger partial charge in [0, 0.05) is 11.7 Å². The van der Waals surface area contributed by atoms with Crippen LogP contribution in [0.1, 0.15) is 52.4 Å². The first-order valence-corrected chi connectivity index (χ1v) is 10.4. The van der Waals surface area contributed by atoms with Crippen molar-refractivity contribution in [2.75, 3.05) is 18.1 Å². The van der Waals surface area contributed by atoms with E-state index in [-0.39, 0.29) is 28.9 Å². The zero-order valence-corrected chi connectivity index (χ0v) is 16.6. The highest BCUT2D eigenvalue weighted by Crippen LogP contribution is 2.20. The maximum absolute atomic E-state index is 12.2. The van der Waals surface area contributed by atoms with Crippen molar-refractivity contribution in [1.29, 1.82) is 0 Å². The third kappa shape index (κ3) is 5.31. The molecule has 0 saturated carbocycles. The average Bonchev–Trinajstić information content (AvgIpc) is 3.02. The van der Waals surface area contributed by atoms with Crippen molar-refractivity contribution < 1.29 is 32.3 Å². The van der Waals surface area contributed by atoms with Gasteiger partial charge < -0.3 is 19.8 Å². The zero-order valence-electron chi connectivity index (χ0n) is 15.7. The van der Waals surface area contributed by atoms with Crippen LogP contribution in [0.5, 0.6) is 0 Å². The van der Waals surface area contributed by atoms with E-state index in [1.165, 1.54) is 0 Å². The van der Waals surface area contributed by atoms with E-state index in [0.717, 1.165) is 0 Å². The van der Waals surface area contributed by atoms with Crippen molar-refractivity contribution in [1.82, 2.24) is 10.3 Å². The maximum atomic E-state index is 12.2. The van der Waals surface area contributed by atoms with Crippen molar-refractivity contribution in [3.05, 3.63) is 22.5 Å². The number of esters is 2. The number of ether oxygens (including phenoxy) is 2. The van der Waals surface area contributed by atoms with Crippen LogP contribution < -0.4 is 5.32 Å². The Morgan fingerprint density at radius 2 is 1.89 bits per heavy atom. The molecule has 1 fully saturated rings. The van der Waals surface area contributed by atoms with Crippen LogP contribution in [-0.4, -0.2) is 61.5 Å². The number of amides is 1. The molecule has 0 spiro atoms. The topological polar surface area (TPSA) is 132 Å². The average molecular weight is 400 g/mol. The minimum atomic E-state index is -3.11. The number of H-pyrrole nitrogens is 1. The monoisotopic (exact) mass is 400 g/mol. The summed E-state index contributed by atoms with van der Waals surface area (Å²) in [4.78, 5) is 39.0. The molecule has 0 bridgehead atoms. The van der Waals surface area contributed by atoms with Crippen LogP contribution in [0.15, 0.2) is 0 Å². The summed E-state index contributed by atoms with van der Waals surface area (Å²) in [5, 5.41) is 2.53. The van der Waals surface area contributed by atoms with Gasteiger partial charge in [-0.25, -0.2) is 18.0 Å². The second kappa shape index (κ2) is 8.12. The summed E-state index contributed by atoms with van der Waals surface area (Å²) in [6.07, 6.45) is 0.0443. The molecule has 1 amide bonds. The van der Waals surface area contributed by atoms with E-state index >= 15 is 0 Å². The third-order valence-electron chi connectivity index (χ3n) is 4.12. The van der Waals surface area contributed by atoms with Gasteiger partial charge in [0.25, 0.3) is 5.91 Å². The molecule has 1 aliphatic rings. The fourth-order valence-electron chi connectivity index (χ4n) is 2.91. The molecule has 1 atom stereocenters. The molecule has 2 N–H and O–H groups in total. The molecule has 2 rings (SSSR count). The Kier molecular flexibility index (Phi) is 6.30. The quantitative estimate of drug-likeness (QED) is 0.670. The molecule has 0 aliphatic carbocycles. The molecule has 2 heterocycles. The second-order valence-corrected chi connectivity index (χ2v) is 9.05. The van der Waals surface area contributed by atoms with E-state index < -0.39 is 40.3 Å². The summed E-state index contributed by atoms with van der Waals surface area (Å²) in [5.41, 5.74) is 1.17. The third-order valence-corrected chi connectivity index (χ3v) is 5.89. The Hall–Kier alpha value is -2.36. The number of aryl methyl sites for hydroxylation is 1. The SMILES string of the molecule is Cc1[nH]c(C(=O)OCC(=O)N[C@H]2CCS(=O)(=O)C2)c(C)c1C(=O)OC(C)C. The van der Waals surface area contributed by atoms with Crippen LogP contribution in [0.3, 0.4) is 0 Å². The Labute approximate surface area is 157 Å². The molecule has 1 aromatic rings. The lowest BCUT2D eigenvalue weighted by Crippen LogP contribution is -2.38. The first kappa shape index (κ1) is 20.9. The highest BCUT2D eigenvalue weighted by Gasteiger charge is 2.29. The maximum Gasteiger partial charge on any atom is 0.355 e. The Morgan fingerprint density at radius 1 is 1.22 bits per heavy atom. The largest absolute Gasteiger partial charge is 0.459 e. The molecule has 1 saturated heterocycles. The van der Waals surface area contributed by atoms with E-state index in [2.05, 4.69) is 10.3 Å². The van der Waals surface area contributed by atoms with Crippen LogP contribution in [0, 0.1) is 13.8 Å². The molecule has 0 unspecified atom stereocenters. The van der Waals surface area contributed by atoms with Crippen molar-refractivity contribution in [3.63, 3.8) is 0 Å². The zero-order chi connectivity index (χ0) is 20.4. The van der Waals surface area contributed by atoms with E-state index in [0.29, 0.717) is 17.7 Å². The number of carbonyl (C=O) groups is 3. The summed E-state index contributed by atoms with van der Waals surface area (Å²) < 4.78 is 32.9. The van der Waals surface area contributed by atoms with Gasteiger partial charge in [0.2, 0.25) is 0 Å². The number of nitrogens with one attached hydrogen (secondary N) is 2. The standard InChI is InChI=1S/C17H24N2O7S/c1-9(2)26-16(21)14-10(3)15(18-11(14)4)17(22)25-7-13(20)19-12-5-6-27(23,24)8-12/h9,12,18H,5-8H2,1-4H3,(H,19,20)/t12-/m0/s1. The molecule has 150 valence electrons. The molecule has 10 heteroatoms. The second-order valence-electron chi connectivity index (χ2n) is 6.82. The van der Waals surface area contributed by atoms with E-state index in [9.17, 15) is 22.8 Å². The van der Waals surface area contributed by atoms with Crippen LogP contribution in [-0.2, 0) is 24.1 Å². The highest BCUT2D eigenvalue weighted by atomic mass is 32.2. The van der Waals surface area contributed by atoms with Crippen LogP contribution >= 0.6 is 0 Å². The normalized spacial score (nSPS) is 18.3. The van der Waals surface area contributed by atoms with E-state index in [1.807, 2.05) is 0 Å². The van der Waals surface area contributed by atoms with Crippen molar-refractivity contribution >= 4 is 27.7 Å². The summed E-state index contributed by atoms with van der Waals surface area (Å²) in [7, 11) is -3.11. The predicted molar refractivity (Wildman–Crippen MR) is 96.3 cm³/mol. The molecule has 1 aliphatic heterocycles. The van der Waals surface area contributed by atoms with Gasteiger partial charge in [-0.1, -0.05) is 0 Å². The minimum absolute atomic E-state index is 0.0356. The number of sulfone groups is 1. The first-order valence-electron chi connectivity index (χ1n) is 8.57.